The Labute approximate surface area is 147 Å². The van der Waals surface area contributed by atoms with Gasteiger partial charge in [0.25, 0.3) is 5.91 Å². The van der Waals surface area contributed by atoms with Crippen LogP contribution in [0, 0.1) is 0 Å². The molecule has 0 radical (unpaired) electrons. The molecule has 1 fully saturated rings. The van der Waals surface area contributed by atoms with Gasteiger partial charge in [0, 0.05) is 30.9 Å². The first kappa shape index (κ1) is 17.0. The molecular formula is C18H23ClN4O. The number of benzene rings is 1. The molecule has 0 aliphatic carbocycles. The van der Waals surface area contributed by atoms with E-state index in [1.165, 1.54) is 0 Å². The van der Waals surface area contributed by atoms with E-state index in [-0.39, 0.29) is 5.91 Å². The number of carbonyl (C=O) groups is 1. The largest absolute Gasteiger partial charge is 0.333 e. The van der Waals surface area contributed by atoms with Crippen LogP contribution in [0.25, 0.3) is 0 Å². The van der Waals surface area contributed by atoms with Crippen molar-refractivity contribution in [2.24, 2.45) is 0 Å². The average molecular weight is 347 g/mol. The Morgan fingerprint density at radius 3 is 3.04 bits per heavy atom. The summed E-state index contributed by atoms with van der Waals surface area (Å²) in [4.78, 5) is 14.6. The molecule has 1 aliphatic heterocycles. The second-order valence-corrected chi connectivity index (χ2v) is 6.57. The van der Waals surface area contributed by atoms with Gasteiger partial charge in [-0.05, 0) is 50.1 Å². The van der Waals surface area contributed by atoms with Crippen LogP contribution < -0.4 is 5.32 Å². The van der Waals surface area contributed by atoms with E-state index < -0.39 is 0 Å². The van der Waals surface area contributed by atoms with E-state index in [1.54, 1.807) is 4.90 Å². The number of nitrogens with zero attached hydrogens (tertiary/aromatic N) is 3. The maximum Gasteiger partial charge on any atom is 0.274 e. The highest BCUT2D eigenvalue weighted by Gasteiger charge is 2.20. The lowest BCUT2D eigenvalue weighted by atomic mass is 10.1. The Morgan fingerprint density at radius 2 is 2.33 bits per heavy atom. The van der Waals surface area contributed by atoms with E-state index in [0.717, 1.165) is 31.5 Å². The van der Waals surface area contributed by atoms with Crippen molar-refractivity contribution in [3.05, 3.63) is 52.8 Å². The van der Waals surface area contributed by atoms with Gasteiger partial charge < -0.3 is 10.2 Å². The molecule has 1 amide bonds. The number of hydrogen-bond acceptors (Lipinski definition) is 3. The van der Waals surface area contributed by atoms with Crippen molar-refractivity contribution in [1.82, 2.24) is 20.0 Å². The lowest BCUT2D eigenvalue weighted by Crippen LogP contribution is -2.33. The minimum absolute atomic E-state index is 0.0417. The number of aromatic nitrogens is 2. The topological polar surface area (TPSA) is 50.2 Å². The van der Waals surface area contributed by atoms with Gasteiger partial charge in [-0.1, -0.05) is 23.7 Å². The normalized spacial score (nSPS) is 17.7. The van der Waals surface area contributed by atoms with Crippen LogP contribution in [0.2, 0.25) is 5.02 Å². The molecule has 1 aromatic carbocycles. The summed E-state index contributed by atoms with van der Waals surface area (Å²) in [6.45, 7) is 5.11. The van der Waals surface area contributed by atoms with E-state index in [1.807, 2.05) is 48.1 Å². The van der Waals surface area contributed by atoms with Crippen molar-refractivity contribution in [3.8, 4) is 0 Å². The van der Waals surface area contributed by atoms with E-state index in [0.29, 0.717) is 29.8 Å². The molecule has 1 saturated heterocycles. The van der Waals surface area contributed by atoms with Gasteiger partial charge in [-0.25, -0.2) is 0 Å². The summed E-state index contributed by atoms with van der Waals surface area (Å²) in [5, 5.41) is 8.58. The standard InChI is InChI=1S/C18H23ClN4O/c1-2-22(13-14-5-3-6-15(19)11-14)18(24)17-8-10-23(21-17)16-7-4-9-20-12-16/h3,5-6,8,10-11,16,20H,2,4,7,9,12-13H2,1H3. The van der Waals surface area contributed by atoms with E-state index in [4.69, 9.17) is 11.6 Å². The Morgan fingerprint density at radius 1 is 1.46 bits per heavy atom. The third-order valence-corrected chi connectivity index (χ3v) is 4.64. The zero-order chi connectivity index (χ0) is 16.9. The monoisotopic (exact) mass is 346 g/mol. The molecule has 128 valence electrons. The van der Waals surface area contributed by atoms with Gasteiger partial charge in [0.15, 0.2) is 0 Å². The van der Waals surface area contributed by atoms with Crippen molar-refractivity contribution < 1.29 is 4.79 Å². The third kappa shape index (κ3) is 3.97. The number of amides is 1. The maximum atomic E-state index is 12.8. The van der Waals surface area contributed by atoms with Crippen LogP contribution >= 0.6 is 11.6 Å². The third-order valence-electron chi connectivity index (χ3n) is 4.40. The predicted octanol–water partition coefficient (Wildman–Crippen LogP) is 3.12. The maximum absolute atomic E-state index is 12.8. The molecule has 2 aromatic rings. The van der Waals surface area contributed by atoms with Gasteiger partial charge in [0.2, 0.25) is 0 Å². The smallest absolute Gasteiger partial charge is 0.274 e. The summed E-state index contributed by atoms with van der Waals surface area (Å²) in [6, 6.07) is 9.77. The molecule has 1 atom stereocenters. The van der Waals surface area contributed by atoms with Gasteiger partial charge in [-0.15, -0.1) is 0 Å². The second kappa shape index (κ2) is 7.81. The number of piperidine rings is 1. The first-order valence-corrected chi connectivity index (χ1v) is 8.84. The van der Waals surface area contributed by atoms with E-state index >= 15 is 0 Å². The Bertz CT molecular complexity index is 694. The Hall–Kier alpha value is -1.85. The highest BCUT2D eigenvalue weighted by Crippen LogP contribution is 2.17. The van der Waals surface area contributed by atoms with Crippen LogP contribution in [-0.4, -0.2) is 40.2 Å². The molecule has 1 N–H and O–H groups in total. The zero-order valence-corrected chi connectivity index (χ0v) is 14.7. The summed E-state index contributed by atoms with van der Waals surface area (Å²) in [7, 11) is 0. The summed E-state index contributed by atoms with van der Waals surface area (Å²) in [5.74, 6) is -0.0417. The molecular weight excluding hydrogens is 324 g/mol. The van der Waals surface area contributed by atoms with Gasteiger partial charge in [0.1, 0.15) is 5.69 Å². The quantitative estimate of drug-likeness (QED) is 0.905. The number of hydrogen-bond donors (Lipinski definition) is 1. The predicted molar refractivity (Wildman–Crippen MR) is 95.2 cm³/mol. The Balaban J connectivity index is 1.70. The van der Waals surface area contributed by atoms with Crippen molar-refractivity contribution in [3.63, 3.8) is 0 Å². The van der Waals surface area contributed by atoms with Crippen LogP contribution in [-0.2, 0) is 6.54 Å². The molecule has 2 heterocycles. The molecule has 1 aliphatic rings. The van der Waals surface area contributed by atoms with Crippen molar-refractivity contribution in [1.29, 1.82) is 0 Å². The number of rotatable bonds is 5. The first-order valence-electron chi connectivity index (χ1n) is 8.47. The highest BCUT2D eigenvalue weighted by molar-refractivity contribution is 6.30. The SMILES string of the molecule is CCN(Cc1cccc(Cl)c1)C(=O)c1ccn(C2CCCNC2)n1. The average Bonchev–Trinajstić information content (AvgIpc) is 3.10. The fraction of sp³-hybridized carbons (Fsp3) is 0.444. The van der Waals surface area contributed by atoms with Crippen molar-refractivity contribution in [2.75, 3.05) is 19.6 Å². The number of halogens is 1. The molecule has 6 heteroatoms. The van der Waals surface area contributed by atoms with Gasteiger partial charge in [-0.2, -0.15) is 5.10 Å². The summed E-state index contributed by atoms with van der Waals surface area (Å²) in [5.41, 5.74) is 1.53. The lowest BCUT2D eigenvalue weighted by Gasteiger charge is -2.23. The summed E-state index contributed by atoms with van der Waals surface area (Å²) in [6.07, 6.45) is 4.16. The molecule has 3 rings (SSSR count). The van der Waals surface area contributed by atoms with E-state index in [9.17, 15) is 4.79 Å². The lowest BCUT2D eigenvalue weighted by molar-refractivity contribution is 0.0745. The number of nitrogens with one attached hydrogen (secondary N) is 1. The van der Waals surface area contributed by atoms with Crippen LogP contribution in [0.4, 0.5) is 0 Å². The van der Waals surface area contributed by atoms with Crippen molar-refractivity contribution >= 4 is 17.5 Å². The molecule has 0 saturated carbocycles. The fourth-order valence-electron chi connectivity index (χ4n) is 3.06. The zero-order valence-electron chi connectivity index (χ0n) is 13.9. The molecule has 0 spiro atoms. The summed E-state index contributed by atoms with van der Waals surface area (Å²) >= 11 is 6.03. The van der Waals surface area contributed by atoms with Crippen LogP contribution in [0.3, 0.4) is 0 Å². The number of carbonyl (C=O) groups excluding carboxylic acids is 1. The minimum Gasteiger partial charge on any atom is -0.333 e. The summed E-state index contributed by atoms with van der Waals surface area (Å²) < 4.78 is 1.92. The first-order chi connectivity index (χ1) is 11.7. The van der Waals surface area contributed by atoms with Crippen molar-refractivity contribution in [2.45, 2.75) is 32.4 Å². The van der Waals surface area contributed by atoms with Crippen LogP contribution in [0.15, 0.2) is 36.5 Å². The molecule has 24 heavy (non-hydrogen) atoms. The van der Waals surface area contributed by atoms with Gasteiger partial charge in [0.05, 0.1) is 6.04 Å². The molecule has 5 nitrogen and oxygen atoms in total. The van der Waals surface area contributed by atoms with Crippen LogP contribution in [0.5, 0.6) is 0 Å². The van der Waals surface area contributed by atoms with Gasteiger partial charge >= 0.3 is 0 Å². The minimum atomic E-state index is -0.0417. The van der Waals surface area contributed by atoms with E-state index in [2.05, 4.69) is 10.4 Å². The Kier molecular flexibility index (Phi) is 5.53. The fourth-order valence-corrected chi connectivity index (χ4v) is 3.27. The molecule has 1 unspecified atom stereocenters. The highest BCUT2D eigenvalue weighted by atomic mass is 35.5. The van der Waals surface area contributed by atoms with Gasteiger partial charge in [-0.3, -0.25) is 9.48 Å². The second-order valence-electron chi connectivity index (χ2n) is 6.13. The molecule has 0 bridgehead atoms. The molecule has 1 aromatic heterocycles. The van der Waals surface area contributed by atoms with Crippen LogP contribution in [0.1, 0.15) is 41.9 Å².